The second kappa shape index (κ2) is 2.61. The molecule has 2 unspecified atom stereocenters. The molecule has 2 aliphatic rings. The lowest BCUT2D eigenvalue weighted by molar-refractivity contribution is 0.363. The van der Waals surface area contributed by atoms with E-state index in [0.29, 0.717) is 5.76 Å². The minimum Gasteiger partial charge on any atom is -0.512 e. The lowest BCUT2D eigenvalue weighted by atomic mass is 9.91. The maximum absolute atomic E-state index is 9.77. The van der Waals surface area contributed by atoms with E-state index in [1.165, 1.54) is 0 Å². The molecule has 0 spiro atoms. The summed E-state index contributed by atoms with van der Waals surface area (Å²) in [6.45, 7) is 0. The molecule has 0 aromatic carbocycles. The predicted octanol–water partition coefficient (Wildman–Crippen LogP) is 1.97. The average molecular weight is 186 g/mol. The standard InChI is InChI=1S/C11H10N2O/c14-9-5-1-4-8-10(9)7-3-2-6-12-11(7)13-8/h1-6,8,10,14H,(H,12,13). The van der Waals surface area contributed by atoms with Crippen molar-refractivity contribution >= 4 is 5.82 Å². The number of nitrogens with zero attached hydrogens (tertiary/aromatic N) is 1. The van der Waals surface area contributed by atoms with Crippen LogP contribution in [-0.2, 0) is 0 Å². The summed E-state index contributed by atoms with van der Waals surface area (Å²) in [6.07, 6.45) is 7.42. The summed E-state index contributed by atoms with van der Waals surface area (Å²) in [5.74, 6) is 1.34. The Kier molecular flexibility index (Phi) is 1.42. The van der Waals surface area contributed by atoms with Gasteiger partial charge in [0.25, 0.3) is 0 Å². The molecule has 2 heterocycles. The molecule has 1 aliphatic carbocycles. The van der Waals surface area contributed by atoms with Gasteiger partial charge < -0.3 is 10.4 Å². The smallest absolute Gasteiger partial charge is 0.130 e. The predicted molar refractivity (Wildman–Crippen MR) is 54.2 cm³/mol. The lowest BCUT2D eigenvalue weighted by Gasteiger charge is -2.18. The highest BCUT2D eigenvalue weighted by molar-refractivity contribution is 5.59. The first-order valence-electron chi connectivity index (χ1n) is 4.65. The Labute approximate surface area is 81.8 Å². The van der Waals surface area contributed by atoms with E-state index in [4.69, 9.17) is 0 Å². The fourth-order valence-electron chi connectivity index (χ4n) is 2.10. The van der Waals surface area contributed by atoms with E-state index >= 15 is 0 Å². The van der Waals surface area contributed by atoms with Crippen molar-refractivity contribution in [2.75, 3.05) is 5.32 Å². The van der Waals surface area contributed by atoms with Crippen LogP contribution in [0.1, 0.15) is 11.5 Å². The molecule has 1 aliphatic heterocycles. The zero-order valence-corrected chi connectivity index (χ0v) is 7.51. The molecule has 2 atom stereocenters. The van der Waals surface area contributed by atoms with Crippen LogP contribution in [0, 0.1) is 0 Å². The Bertz CT molecular complexity index is 437. The average Bonchev–Trinajstić information content (AvgIpc) is 2.57. The van der Waals surface area contributed by atoms with Gasteiger partial charge in [0.05, 0.1) is 12.0 Å². The van der Waals surface area contributed by atoms with Gasteiger partial charge in [-0.2, -0.15) is 0 Å². The number of anilines is 1. The molecule has 0 saturated heterocycles. The van der Waals surface area contributed by atoms with Crippen molar-refractivity contribution in [2.45, 2.75) is 12.0 Å². The quantitative estimate of drug-likeness (QED) is 0.651. The van der Waals surface area contributed by atoms with Crippen molar-refractivity contribution in [1.29, 1.82) is 0 Å². The molecule has 0 saturated carbocycles. The number of aliphatic hydroxyl groups excluding tert-OH is 1. The molecule has 70 valence electrons. The summed E-state index contributed by atoms with van der Waals surface area (Å²) in [6, 6.07) is 4.06. The molecular formula is C11H10N2O. The first-order chi connectivity index (χ1) is 6.86. The first-order valence-corrected chi connectivity index (χ1v) is 4.65. The number of aliphatic hydroxyl groups is 1. The van der Waals surface area contributed by atoms with Crippen LogP contribution in [-0.4, -0.2) is 16.1 Å². The van der Waals surface area contributed by atoms with E-state index in [1.807, 2.05) is 24.3 Å². The second-order valence-corrected chi connectivity index (χ2v) is 3.57. The molecular weight excluding hydrogens is 176 g/mol. The summed E-state index contributed by atoms with van der Waals surface area (Å²) >= 11 is 0. The summed E-state index contributed by atoms with van der Waals surface area (Å²) < 4.78 is 0. The van der Waals surface area contributed by atoms with E-state index in [1.54, 1.807) is 12.3 Å². The topological polar surface area (TPSA) is 45.1 Å². The van der Waals surface area contributed by atoms with Gasteiger partial charge in [0.2, 0.25) is 0 Å². The Morgan fingerprint density at radius 3 is 3.29 bits per heavy atom. The third-order valence-corrected chi connectivity index (χ3v) is 2.74. The van der Waals surface area contributed by atoms with Gasteiger partial charge in [-0.25, -0.2) is 4.98 Å². The van der Waals surface area contributed by atoms with Gasteiger partial charge in [0, 0.05) is 11.8 Å². The maximum atomic E-state index is 9.77. The van der Waals surface area contributed by atoms with Gasteiger partial charge in [-0.1, -0.05) is 18.2 Å². The summed E-state index contributed by atoms with van der Waals surface area (Å²) in [5, 5.41) is 13.0. The van der Waals surface area contributed by atoms with Crippen LogP contribution in [0.4, 0.5) is 5.82 Å². The number of fused-ring (bicyclic) bond motifs is 3. The fourth-order valence-corrected chi connectivity index (χ4v) is 2.10. The van der Waals surface area contributed by atoms with Crippen LogP contribution in [0.3, 0.4) is 0 Å². The fraction of sp³-hybridized carbons (Fsp3) is 0.182. The summed E-state index contributed by atoms with van der Waals surface area (Å²) in [4.78, 5) is 4.23. The molecule has 0 bridgehead atoms. The van der Waals surface area contributed by atoms with Crippen LogP contribution < -0.4 is 5.32 Å². The molecule has 14 heavy (non-hydrogen) atoms. The minimum atomic E-state index is 0.0451. The number of hydrogen-bond donors (Lipinski definition) is 2. The minimum absolute atomic E-state index is 0.0451. The number of allylic oxidation sites excluding steroid dienone is 2. The molecule has 0 fully saturated rings. The molecule has 1 aromatic heterocycles. The van der Waals surface area contributed by atoms with E-state index in [0.717, 1.165) is 11.4 Å². The van der Waals surface area contributed by atoms with Gasteiger partial charge in [0.15, 0.2) is 0 Å². The van der Waals surface area contributed by atoms with Crippen LogP contribution >= 0.6 is 0 Å². The first kappa shape index (κ1) is 7.62. The highest BCUT2D eigenvalue weighted by Gasteiger charge is 2.35. The Balaban J connectivity index is 2.14. The zero-order chi connectivity index (χ0) is 9.54. The van der Waals surface area contributed by atoms with Crippen molar-refractivity contribution in [3.8, 4) is 0 Å². The number of rotatable bonds is 0. The van der Waals surface area contributed by atoms with E-state index in [-0.39, 0.29) is 12.0 Å². The molecule has 0 amide bonds. The van der Waals surface area contributed by atoms with E-state index in [2.05, 4.69) is 10.3 Å². The van der Waals surface area contributed by atoms with Gasteiger partial charge in [-0.15, -0.1) is 0 Å². The Morgan fingerprint density at radius 2 is 2.36 bits per heavy atom. The largest absolute Gasteiger partial charge is 0.512 e. The van der Waals surface area contributed by atoms with Crippen LogP contribution in [0.5, 0.6) is 0 Å². The van der Waals surface area contributed by atoms with E-state index in [9.17, 15) is 5.11 Å². The summed E-state index contributed by atoms with van der Waals surface area (Å²) in [5.41, 5.74) is 1.08. The van der Waals surface area contributed by atoms with Crippen molar-refractivity contribution in [3.05, 3.63) is 47.9 Å². The molecule has 2 N–H and O–H groups in total. The van der Waals surface area contributed by atoms with Crippen molar-refractivity contribution < 1.29 is 5.11 Å². The van der Waals surface area contributed by atoms with Crippen molar-refractivity contribution in [3.63, 3.8) is 0 Å². The van der Waals surface area contributed by atoms with Gasteiger partial charge in [-0.05, 0) is 12.1 Å². The molecule has 3 heteroatoms. The zero-order valence-electron chi connectivity index (χ0n) is 7.51. The van der Waals surface area contributed by atoms with Crippen molar-refractivity contribution in [2.24, 2.45) is 0 Å². The van der Waals surface area contributed by atoms with Gasteiger partial charge in [0.1, 0.15) is 11.6 Å². The monoisotopic (exact) mass is 186 g/mol. The van der Waals surface area contributed by atoms with Crippen LogP contribution in [0.2, 0.25) is 0 Å². The normalized spacial score (nSPS) is 27.6. The number of pyridine rings is 1. The SMILES string of the molecule is OC1=CC=CC2Nc3ncccc3C12. The van der Waals surface area contributed by atoms with E-state index < -0.39 is 0 Å². The molecule has 3 nitrogen and oxygen atoms in total. The molecule has 1 aromatic rings. The maximum Gasteiger partial charge on any atom is 0.130 e. The number of aromatic nitrogens is 1. The second-order valence-electron chi connectivity index (χ2n) is 3.57. The highest BCUT2D eigenvalue weighted by Crippen LogP contribution is 2.40. The summed E-state index contributed by atoms with van der Waals surface area (Å²) in [7, 11) is 0. The number of hydrogen-bond acceptors (Lipinski definition) is 3. The van der Waals surface area contributed by atoms with Gasteiger partial charge >= 0.3 is 0 Å². The molecule has 0 radical (unpaired) electrons. The lowest BCUT2D eigenvalue weighted by Crippen LogP contribution is -2.21. The molecule has 3 rings (SSSR count). The third-order valence-electron chi connectivity index (χ3n) is 2.74. The number of nitrogens with one attached hydrogen (secondary N) is 1. The highest BCUT2D eigenvalue weighted by atomic mass is 16.3. The van der Waals surface area contributed by atoms with Crippen molar-refractivity contribution in [1.82, 2.24) is 4.98 Å². The Morgan fingerprint density at radius 1 is 1.43 bits per heavy atom. The van der Waals surface area contributed by atoms with Crippen LogP contribution in [0.25, 0.3) is 0 Å². The third kappa shape index (κ3) is 0.894. The van der Waals surface area contributed by atoms with Gasteiger partial charge in [-0.3, -0.25) is 0 Å². The Hall–Kier alpha value is -1.77. The van der Waals surface area contributed by atoms with Crippen LogP contribution in [0.15, 0.2) is 42.3 Å².